The van der Waals surface area contributed by atoms with E-state index in [-0.39, 0.29) is 23.0 Å². The van der Waals surface area contributed by atoms with Crippen molar-refractivity contribution in [3.8, 4) is 22.7 Å². The van der Waals surface area contributed by atoms with Gasteiger partial charge in [-0.15, -0.1) is 5.10 Å². The molecule has 2 aromatic carbocycles. The largest absolute Gasteiger partial charge is 0.494 e. The van der Waals surface area contributed by atoms with Crippen LogP contribution < -0.4 is 10.1 Å². The molecule has 2 bridgehead atoms. The summed E-state index contributed by atoms with van der Waals surface area (Å²) in [6, 6.07) is 7.74. The third kappa shape index (κ3) is 5.38. The first-order valence-corrected chi connectivity index (χ1v) is 14.0. The highest BCUT2D eigenvalue weighted by Gasteiger charge is 2.42. The van der Waals surface area contributed by atoms with Gasteiger partial charge in [0, 0.05) is 61.1 Å². The molecule has 2 fully saturated rings. The number of amides is 1. The van der Waals surface area contributed by atoms with Crippen molar-refractivity contribution in [3.63, 3.8) is 0 Å². The van der Waals surface area contributed by atoms with Gasteiger partial charge in [-0.3, -0.25) is 14.4 Å². The van der Waals surface area contributed by atoms with Gasteiger partial charge in [0.25, 0.3) is 5.91 Å². The molecule has 226 valence electrons. The zero-order valence-corrected chi connectivity index (χ0v) is 24.6. The Morgan fingerprint density at radius 1 is 1.12 bits per heavy atom. The minimum Gasteiger partial charge on any atom is -0.494 e. The molecule has 10 nitrogen and oxygen atoms in total. The number of carbonyl (C=O) groups is 1. The number of hydrogen-bond donors (Lipinski definition) is 1. The van der Waals surface area contributed by atoms with Crippen LogP contribution in [0.1, 0.15) is 39.2 Å². The molecule has 4 aromatic rings. The lowest BCUT2D eigenvalue weighted by molar-refractivity contribution is -0.137. The highest BCUT2D eigenvalue weighted by atomic mass is 19.4. The maximum Gasteiger partial charge on any atom is 0.416 e. The molecule has 13 heteroatoms. The van der Waals surface area contributed by atoms with E-state index in [4.69, 9.17) is 4.74 Å². The Balaban J connectivity index is 1.30. The Kier molecular flexibility index (Phi) is 7.25. The van der Waals surface area contributed by atoms with Gasteiger partial charge >= 0.3 is 6.18 Å². The second kappa shape index (κ2) is 10.8. The van der Waals surface area contributed by atoms with Gasteiger partial charge in [0.1, 0.15) is 11.4 Å². The number of likely N-dealkylation sites (N-methyl/N-ethyl adjacent to an activating group) is 1. The third-order valence-corrected chi connectivity index (χ3v) is 8.67. The van der Waals surface area contributed by atoms with Gasteiger partial charge < -0.3 is 15.0 Å². The Hall–Kier alpha value is -4.23. The first-order valence-electron chi connectivity index (χ1n) is 14.0. The number of nitrogens with one attached hydrogen (secondary N) is 1. The van der Waals surface area contributed by atoms with Crippen LogP contribution in [-0.2, 0) is 19.8 Å². The summed E-state index contributed by atoms with van der Waals surface area (Å²) >= 11 is 0. The van der Waals surface area contributed by atoms with Gasteiger partial charge in [-0.1, -0.05) is 11.3 Å². The van der Waals surface area contributed by atoms with Gasteiger partial charge in [-0.2, -0.15) is 18.3 Å². The number of likely N-dealkylation sites (tertiary alicyclic amines) is 2. The summed E-state index contributed by atoms with van der Waals surface area (Å²) in [5.74, 6) is -0.354. The predicted octanol–water partition coefficient (Wildman–Crippen LogP) is 4.45. The van der Waals surface area contributed by atoms with E-state index >= 15 is 0 Å². The summed E-state index contributed by atoms with van der Waals surface area (Å²) in [5.41, 5.74) is 3.58. The first kappa shape index (κ1) is 28.9. The molecule has 0 saturated carbocycles. The molecule has 6 rings (SSSR count). The summed E-state index contributed by atoms with van der Waals surface area (Å²) in [6.07, 6.45) is -0.145. The number of halogens is 3. The van der Waals surface area contributed by atoms with Crippen molar-refractivity contribution >= 4 is 11.6 Å². The average molecular weight is 595 g/mol. The number of aromatic nitrogens is 5. The van der Waals surface area contributed by atoms with Crippen molar-refractivity contribution in [2.45, 2.75) is 45.1 Å². The Morgan fingerprint density at radius 2 is 1.91 bits per heavy atom. The van der Waals surface area contributed by atoms with E-state index in [1.165, 1.54) is 7.11 Å². The number of fused-ring (bicyclic) bond motifs is 2. The zero-order chi connectivity index (χ0) is 30.6. The van der Waals surface area contributed by atoms with Crippen molar-refractivity contribution in [2.75, 3.05) is 32.6 Å². The number of hydrogen-bond acceptors (Lipinski definition) is 7. The topological polar surface area (TPSA) is 93.3 Å². The van der Waals surface area contributed by atoms with Gasteiger partial charge in [0.05, 0.1) is 36.4 Å². The summed E-state index contributed by atoms with van der Waals surface area (Å²) in [4.78, 5) is 18.0. The number of methoxy groups -OCH3 is 1. The number of piperazine rings is 1. The number of aryl methyl sites for hydroxylation is 2. The molecule has 43 heavy (non-hydrogen) atoms. The lowest BCUT2D eigenvalue weighted by atomic mass is 10.0. The summed E-state index contributed by atoms with van der Waals surface area (Å²) < 4.78 is 50.9. The fourth-order valence-electron chi connectivity index (χ4n) is 6.11. The van der Waals surface area contributed by atoms with Gasteiger partial charge in [0.2, 0.25) is 0 Å². The molecule has 1 N–H and O–H groups in total. The van der Waals surface area contributed by atoms with Crippen LogP contribution in [0.5, 0.6) is 5.75 Å². The van der Waals surface area contributed by atoms with E-state index in [1.54, 1.807) is 40.0 Å². The molecule has 0 aliphatic carbocycles. The number of carbonyl (C=O) groups excluding carboxylic acids is 1. The monoisotopic (exact) mass is 594 g/mol. The van der Waals surface area contributed by atoms with E-state index in [2.05, 4.69) is 37.6 Å². The summed E-state index contributed by atoms with van der Waals surface area (Å²) in [5, 5.41) is 15.5. The molecule has 2 saturated heterocycles. The first-order chi connectivity index (χ1) is 20.4. The quantitative estimate of drug-likeness (QED) is 0.338. The molecule has 1 amide bonds. The number of alkyl halides is 3. The number of rotatable bonds is 7. The van der Waals surface area contributed by atoms with E-state index in [0.717, 1.165) is 48.5 Å². The van der Waals surface area contributed by atoms with Crippen LogP contribution in [0, 0.1) is 13.8 Å². The van der Waals surface area contributed by atoms with Crippen molar-refractivity contribution in [3.05, 3.63) is 70.7 Å². The van der Waals surface area contributed by atoms with Crippen molar-refractivity contribution in [1.82, 2.24) is 34.6 Å². The Labute approximate surface area is 247 Å². The number of ether oxygens (including phenoxy) is 1. The van der Waals surface area contributed by atoms with Gasteiger partial charge in [-0.25, -0.2) is 4.68 Å². The smallest absolute Gasteiger partial charge is 0.416 e. The average Bonchev–Trinajstić information content (AvgIpc) is 3.74. The third-order valence-electron chi connectivity index (χ3n) is 8.67. The fraction of sp³-hybridized carbons (Fsp3) is 0.400. The van der Waals surface area contributed by atoms with Crippen LogP contribution in [0.4, 0.5) is 18.9 Å². The van der Waals surface area contributed by atoms with E-state index in [1.807, 2.05) is 20.9 Å². The van der Waals surface area contributed by atoms with Crippen LogP contribution in [0.15, 0.2) is 42.7 Å². The lowest BCUT2D eigenvalue weighted by Gasteiger charge is -2.32. The fourth-order valence-corrected chi connectivity index (χ4v) is 6.11. The van der Waals surface area contributed by atoms with Crippen LogP contribution in [0.3, 0.4) is 0 Å². The zero-order valence-electron chi connectivity index (χ0n) is 24.6. The predicted molar refractivity (Wildman–Crippen MR) is 154 cm³/mol. The molecule has 4 heterocycles. The van der Waals surface area contributed by atoms with Crippen LogP contribution in [0.2, 0.25) is 0 Å². The molecule has 2 aliphatic heterocycles. The van der Waals surface area contributed by atoms with Crippen molar-refractivity contribution < 1.29 is 22.7 Å². The van der Waals surface area contributed by atoms with Gasteiger partial charge in [-0.05, 0) is 57.1 Å². The highest BCUT2D eigenvalue weighted by Crippen LogP contribution is 2.40. The van der Waals surface area contributed by atoms with Crippen molar-refractivity contribution in [2.24, 2.45) is 7.05 Å². The summed E-state index contributed by atoms with van der Waals surface area (Å²) in [7, 11) is 5.31. The molecule has 2 aromatic heterocycles. The minimum absolute atomic E-state index is 0.0315. The van der Waals surface area contributed by atoms with Crippen LogP contribution >= 0.6 is 0 Å². The SMILES string of the molecule is COc1c(CN2CC3CC2CN3C)cc(C(F)(F)F)cc1NC(=O)c1ccc(C)c(-n2cc(-c3cnn(C)c3C)nn2)c1. The number of anilines is 1. The van der Waals surface area contributed by atoms with Crippen LogP contribution in [0.25, 0.3) is 16.9 Å². The number of benzene rings is 2. The van der Waals surface area contributed by atoms with Crippen molar-refractivity contribution in [1.29, 1.82) is 0 Å². The lowest BCUT2D eigenvalue weighted by Crippen LogP contribution is -2.44. The molecule has 0 spiro atoms. The second-order valence-corrected chi connectivity index (χ2v) is 11.4. The second-order valence-electron chi connectivity index (χ2n) is 11.4. The maximum atomic E-state index is 14.0. The minimum atomic E-state index is -4.60. The standard InChI is InChI=1S/C30H33F3N8O2/c1-17-6-7-19(9-27(17)41-16-26(36-37-41)24-12-34-39(4)18(24)2)29(42)35-25-10-21(30(31,32)33)8-20(28(25)43-5)13-40-15-22-11-23(40)14-38(22)3/h6-10,12,16,22-23H,11,13-15H2,1-5H3,(H,35,42). The Bertz CT molecular complexity index is 1690. The van der Waals surface area contributed by atoms with E-state index in [9.17, 15) is 18.0 Å². The van der Waals surface area contributed by atoms with E-state index in [0.29, 0.717) is 29.5 Å². The molecule has 0 radical (unpaired) electrons. The molecular formula is C30H33F3N8O2. The maximum absolute atomic E-state index is 14.0. The molecule has 2 unspecified atom stereocenters. The van der Waals surface area contributed by atoms with Gasteiger partial charge in [0.15, 0.2) is 0 Å². The van der Waals surface area contributed by atoms with Crippen LogP contribution in [-0.4, -0.2) is 79.8 Å². The molecule has 2 aliphatic rings. The highest BCUT2D eigenvalue weighted by molar-refractivity contribution is 6.05. The number of nitrogens with zero attached hydrogens (tertiary/aromatic N) is 7. The molecule has 2 atom stereocenters. The normalized spacial score (nSPS) is 18.9. The summed E-state index contributed by atoms with van der Waals surface area (Å²) in [6.45, 7) is 5.75. The Morgan fingerprint density at radius 3 is 2.53 bits per heavy atom. The van der Waals surface area contributed by atoms with E-state index < -0.39 is 17.6 Å². The molecular weight excluding hydrogens is 561 g/mol.